The average molecular weight is 434 g/mol. The van der Waals surface area contributed by atoms with Gasteiger partial charge in [-0.2, -0.15) is 0 Å². The molecule has 0 unspecified atom stereocenters. The Labute approximate surface area is 177 Å². The van der Waals surface area contributed by atoms with Crippen LogP contribution in [0, 0.1) is 12.7 Å². The lowest BCUT2D eigenvalue weighted by atomic mass is 10.1. The predicted molar refractivity (Wildman–Crippen MR) is 114 cm³/mol. The van der Waals surface area contributed by atoms with Gasteiger partial charge in [0.15, 0.2) is 11.6 Å². The summed E-state index contributed by atoms with van der Waals surface area (Å²) in [6.07, 6.45) is 5.90. The van der Waals surface area contributed by atoms with Crippen molar-refractivity contribution in [2.24, 2.45) is 5.16 Å². The Morgan fingerprint density at radius 3 is 2.39 bits per heavy atom. The Bertz CT molecular complexity index is 670. The van der Waals surface area contributed by atoms with Crippen molar-refractivity contribution in [3.63, 3.8) is 0 Å². The zero-order valence-electron chi connectivity index (χ0n) is 17.1. The normalized spacial score (nSPS) is 10.4. The molecule has 1 rings (SSSR count). The van der Waals surface area contributed by atoms with Crippen molar-refractivity contribution in [1.82, 2.24) is 0 Å². The molecule has 0 saturated carbocycles. The van der Waals surface area contributed by atoms with Gasteiger partial charge in [-0.15, -0.1) is 0 Å². The summed E-state index contributed by atoms with van der Waals surface area (Å²) in [5.41, 5.74) is 2.28. The van der Waals surface area contributed by atoms with Gasteiger partial charge in [0.2, 0.25) is 0 Å². The van der Waals surface area contributed by atoms with Gasteiger partial charge in [0.1, 0.15) is 23.5 Å². The first-order valence-electron chi connectivity index (χ1n) is 9.58. The van der Waals surface area contributed by atoms with Gasteiger partial charge in [0, 0.05) is 5.56 Å². The molecule has 0 aliphatic heterocycles. The Hall–Kier alpha value is -1.46. The van der Waals surface area contributed by atoms with E-state index in [0.717, 1.165) is 37.0 Å². The van der Waals surface area contributed by atoms with Crippen molar-refractivity contribution in [1.29, 1.82) is 0 Å². The summed E-state index contributed by atoms with van der Waals surface area (Å²) in [7, 11) is 0. The van der Waals surface area contributed by atoms with Crippen molar-refractivity contribution >= 4 is 28.9 Å². The quantitative estimate of drug-likeness (QED) is 0.196. The van der Waals surface area contributed by atoms with Gasteiger partial charge in [-0.1, -0.05) is 35.3 Å². The molecule has 0 aromatic heterocycles. The van der Waals surface area contributed by atoms with E-state index in [4.69, 9.17) is 37.5 Å². The van der Waals surface area contributed by atoms with Crippen LogP contribution in [-0.4, -0.2) is 25.5 Å². The predicted octanol–water partition coefficient (Wildman–Crippen LogP) is 6.75. The summed E-state index contributed by atoms with van der Waals surface area (Å²) in [6, 6.07) is 1.65. The summed E-state index contributed by atoms with van der Waals surface area (Å²) >= 11 is 11.1. The summed E-state index contributed by atoms with van der Waals surface area (Å²) in [5, 5.41) is 3.90. The number of aryl methyl sites for hydroxylation is 1. The first kappa shape index (κ1) is 24.6. The number of nitrogens with zero attached hydrogens (tertiary/aromatic N) is 1. The average Bonchev–Trinajstić information content (AvgIpc) is 2.63. The Morgan fingerprint density at radius 1 is 1.11 bits per heavy atom. The molecule has 158 valence electrons. The van der Waals surface area contributed by atoms with Gasteiger partial charge >= 0.3 is 0 Å². The lowest BCUT2D eigenvalue weighted by molar-refractivity contribution is 0.139. The maximum atomic E-state index is 14.7. The minimum Gasteiger partial charge on any atom is -0.493 e. The molecule has 1 aromatic rings. The SMILES string of the molecule is CCc1c(F)c(OCC=C(Cl)Cl)cc(C)c1OCCCCCCON=C(C)C. The molecular weight excluding hydrogens is 404 g/mol. The van der Waals surface area contributed by atoms with Crippen LogP contribution in [0.2, 0.25) is 0 Å². The molecule has 0 aliphatic carbocycles. The monoisotopic (exact) mass is 433 g/mol. The maximum absolute atomic E-state index is 14.7. The van der Waals surface area contributed by atoms with Gasteiger partial charge in [-0.25, -0.2) is 4.39 Å². The molecule has 0 heterocycles. The van der Waals surface area contributed by atoms with E-state index in [1.165, 1.54) is 6.08 Å². The van der Waals surface area contributed by atoms with Gasteiger partial charge in [0.25, 0.3) is 0 Å². The van der Waals surface area contributed by atoms with Crippen molar-refractivity contribution in [2.75, 3.05) is 19.8 Å². The molecule has 0 bridgehead atoms. The summed E-state index contributed by atoms with van der Waals surface area (Å²) in [5.74, 6) is 0.387. The lowest BCUT2D eigenvalue weighted by Crippen LogP contribution is -2.06. The van der Waals surface area contributed by atoms with Crippen LogP contribution < -0.4 is 9.47 Å². The van der Waals surface area contributed by atoms with Crippen molar-refractivity contribution in [3.05, 3.63) is 33.6 Å². The Kier molecular flexibility index (Phi) is 12.0. The topological polar surface area (TPSA) is 40.0 Å². The smallest absolute Gasteiger partial charge is 0.171 e. The highest BCUT2D eigenvalue weighted by molar-refractivity contribution is 6.55. The van der Waals surface area contributed by atoms with Crippen LogP contribution in [0.25, 0.3) is 0 Å². The van der Waals surface area contributed by atoms with Crippen LogP contribution in [-0.2, 0) is 11.3 Å². The zero-order chi connectivity index (χ0) is 20.9. The standard InChI is InChI=1S/C21H30Cl2FNO3/c1-5-17-20(24)18(26-13-10-19(22)23)14-16(4)21(17)27-11-8-6-7-9-12-28-25-15(2)3/h10,14H,5-9,11-13H2,1-4H3. The second-order valence-corrected chi connectivity index (χ2v) is 7.61. The van der Waals surface area contributed by atoms with Crippen LogP contribution in [0.15, 0.2) is 21.8 Å². The molecule has 0 aliphatic rings. The molecular formula is C21H30Cl2FNO3. The zero-order valence-corrected chi connectivity index (χ0v) is 18.6. The van der Waals surface area contributed by atoms with Gasteiger partial charge < -0.3 is 14.3 Å². The first-order chi connectivity index (χ1) is 13.4. The number of benzene rings is 1. The second-order valence-electron chi connectivity index (χ2n) is 6.61. The van der Waals surface area contributed by atoms with Crippen molar-refractivity contribution in [2.45, 2.75) is 59.8 Å². The number of ether oxygens (including phenoxy) is 2. The molecule has 0 amide bonds. The highest BCUT2D eigenvalue weighted by atomic mass is 35.5. The molecule has 0 saturated heterocycles. The third-order valence-electron chi connectivity index (χ3n) is 3.91. The fourth-order valence-corrected chi connectivity index (χ4v) is 2.73. The molecule has 0 N–H and O–H groups in total. The van der Waals surface area contributed by atoms with Crippen LogP contribution in [0.1, 0.15) is 57.6 Å². The number of hydrogen-bond acceptors (Lipinski definition) is 4. The van der Waals surface area contributed by atoms with Crippen LogP contribution >= 0.6 is 23.2 Å². The highest BCUT2D eigenvalue weighted by Crippen LogP contribution is 2.33. The van der Waals surface area contributed by atoms with E-state index in [1.807, 2.05) is 27.7 Å². The third-order valence-corrected chi connectivity index (χ3v) is 4.22. The van der Waals surface area contributed by atoms with Crippen LogP contribution in [0.3, 0.4) is 0 Å². The minimum absolute atomic E-state index is 0.0903. The summed E-state index contributed by atoms with van der Waals surface area (Å²) in [4.78, 5) is 5.17. The maximum Gasteiger partial charge on any atom is 0.171 e. The second kappa shape index (κ2) is 13.7. The number of hydrogen-bond donors (Lipinski definition) is 0. The fourth-order valence-electron chi connectivity index (χ4n) is 2.60. The van der Waals surface area contributed by atoms with Crippen LogP contribution in [0.5, 0.6) is 11.5 Å². The van der Waals surface area contributed by atoms with E-state index in [1.54, 1.807) is 6.07 Å². The fraction of sp³-hybridized carbons (Fsp3) is 0.571. The first-order valence-corrected chi connectivity index (χ1v) is 10.3. The van der Waals surface area contributed by atoms with E-state index < -0.39 is 5.82 Å². The van der Waals surface area contributed by atoms with E-state index >= 15 is 0 Å². The molecule has 28 heavy (non-hydrogen) atoms. The van der Waals surface area contributed by atoms with Gasteiger partial charge in [-0.05, 0) is 70.6 Å². The number of unbranched alkanes of at least 4 members (excludes halogenated alkanes) is 3. The van der Waals surface area contributed by atoms with Crippen LogP contribution in [0.4, 0.5) is 4.39 Å². The number of halogens is 3. The van der Waals surface area contributed by atoms with E-state index in [-0.39, 0.29) is 16.8 Å². The Morgan fingerprint density at radius 2 is 1.79 bits per heavy atom. The van der Waals surface area contributed by atoms with Crippen molar-refractivity contribution < 1.29 is 18.7 Å². The molecule has 4 nitrogen and oxygen atoms in total. The highest BCUT2D eigenvalue weighted by Gasteiger charge is 2.17. The number of oxime groups is 1. The molecule has 0 atom stereocenters. The molecule has 0 radical (unpaired) electrons. The van der Waals surface area contributed by atoms with E-state index in [9.17, 15) is 4.39 Å². The number of rotatable bonds is 13. The Balaban J connectivity index is 2.51. The third kappa shape index (κ3) is 9.16. The minimum atomic E-state index is -0.397. The molecule has 7 heteroatoms. The largest absolute Gasteiger partial charge is 0.493 e. The summed E-state index contributed by atoms with van der Waals surface area (Å²) in [6.45, 7) is 8.86. The van der Waals surface area contributed by atoms with E-state index in [2.05, 4.69) is 5.16 Å². The van der Waals surface area contributed by atoms with E-state index in [0.29, 0.717) is 30.9 Å². The molecule has 0 fully saturated rings. The molecule has 0 spiro atoms. The summed E-state index contributed by atoms with van der Waals surface area (Å²) < 4.78 is 26.1. The van der Waals surface area contributed by atoms with Gasteiger partial charge in [0.05, 0.1) is 12.3 Å². The lowest BCUT2D eigenvalue weighted by Gasteiger charge is -2.17. The molecule has 1 aromatic carbocycles. The van der Waals surface area contributed by atoms with Crippen molar-refractivity contribution in [3.8, 4) is 11.5 Å². The van der Waals surface area contributed by atoms with Gasteiger partial charge in [-0.3, -0.25) is 0 Å².